The summed E-state index contributed by atoms with van der Waals surface area (Å²) < 4.78 is 13.0. The predicted molar refractivity (Wildman–Crippen MR) is 102 cm³/mol. The average molecular weight is 351 g/mol. The zero-order chi connectivity index (χ0) is 18.3. The smallest absolute Gasteiger partial charge is 0.251 e. The van der Waals surface area contributed by atoms with E-state index in [1.54, 1.807) is 24.3 Å². The van der Waals surface area contributed by atoms with E-state index in [1.807, 2.05) is 4.90 Å². The molecule has 3 atom stereocenters. The zero-order valence-electron chi connectivity index (χ0n) is 15.2. The fraction of sp³-hybridized carbons (Fsp3) is 0.318. The Hall–Kier alpha value is -2.46. The number of nitrogens with zero attached hydrogens (tertiary/aromatic N) is 1. The average Bonchev–Trinajstić information content (AvgIpc) is 2.94. The maximum Gasteiger partial charge on any atom is 0.251 e. The number of anilines is 1. The van der Waals surface area contributed by atoms with Crippen molar-refractivity contribution in [2.45, 2.75) is 25.3 Å². The largest absolute Gasteiger partial charge is 0.337 e. The van der Waals surface area contributed by atoms with Crippen molar-refractivity contribution in [2.75, 3.05) is 25.0 Å². The Bertz CT molecular complexity index is 859. The second kappa shape index (κ2) is 6.69. The van der Waals surface area contributed by atoms with Gasteiger partial charge in [0.1, 0.15) is 5.82 Å². The van der Waals surface area contributed by atoms with Crippen LogP contribution in [-0.2, 0) is 4.79 Å². The Morgan fingerprint density at radius 1 is 1.23 bits per heavy atom. The van der Waals surface area contributed by atoms with E-state index in [-0.39, 0.29) is 17.8 Å². The summed E-state index contributed by atoms with van der Waals surface area (Å²) in [7, 11) is 2.23. The Kier molecular flexibility index (Phi) is 4.37. The highest BCUT2D eigenvalue weighted by Crippen LogP contribution is 2.43. The highest BCUT2D eigenvalue weighted by atomic mass is 19.1. The van der Waals surface area contributed by atoms with Gasteiger partial charge < -0.3 is 9.80 Å². The monoisotopic (exact) mass is 351 g/mol. The molecule has 2 heterocycles. The molecule has 0 radical (unpaired) electrons. The third-order valence-electron chi connectivity index (χ3n) is 5.60. The van der Waals surface area contributed by atoms with Crippen molar-refractivity contribution >= 4 is 17.7 Å². The molecule has 0 aliphatic carbocycles. The number of aryl methyl sites for hydroxylation is 1. The Balaban J connectivity index is 1.64. The summed E-state index contributed by atoms with van der Waals surface area (Å²) in [5.74, 6) is 0.141. The summed E-state index contributed by atoms with van der Waals surface area (Å²) in [6, 6.07) is 12.8. The summed E-state index contributed by atoms with van der Waals surface area (Å²) in [6.07, 6.45) is 4.40. The molecule has 4 rings (SSSR count). The second-order valence-corrected chi connectivity index (χ2v) is 7.53. The number of carbonyl (C=O) groups excluding carboxylic acids is 1. The van der Waals surface area contributed by atoms with E-state index in [9.17, 15) is 9.18 Å². The van der Waals surface area contributed by atoms with Crippen molar-refractivity contribution in [3.8, 4) is 0 Å². The Labute approximate surface area is 153 Å². The van der Waals surface area contributed by atoms with Gasteiger partial charge in [-0.2, -0.15) is 0 Å². The number of rotatable bonds is 2. The molecule has 3 nitrogen and oxygen atoms in total. The minimum absolute atomic E-state index is 0.00600. The minimum atomic E-state index is -0.269. The molecule has 0 bridgehead atoms. The van der Waals surface area contributed by atoms with Gasteiger partial charge in [-0.25, -0.2) is 4.39 Å². The Morgan fingerprint density at radius 3 is 2.77 bits per heavy atom. The van der Waals surface area contributed by atoms with Gasteiger partial charge in [0.25, 0.3) is 5.91 Å². The molecule has 0 saturated carbocycles. The van der Waals surface area contributed by atoms with Crippen molar-refractivity contribution in [1.29, 1.82) is 0 Å². The molecule has 2 aliphatic rings. The van der Waals surface area contributed by atoms with Crippen molar-refractivity contribution in [2.24, 2.45) is 0 Å². The number of nitrogens with one attached hydrogen (secondary N) is 1. The number of piperidine rings is 1. The molecule has 1 N–H and O–H groups in total. The van der Waals surface area contributed by atoms with Crippen LogP contribution in [0.1, 0.15) is 29.0 Å². The van der Waals surface area contributed by atoms with Gasteiger partial charge in [0.05, 0.1) is 32.1 Å². The van der Waals surface area contributed by atoms with E-state index < -0.39 is 0 Å². The maximum absolute atomic E-state index is 13.0. The normalized spacial score (nSPS) is 24.6. The maximum atomic E-state index is 13.0. The number of hydrogen-bond donors (Lipinski definition) is 1. The lowest BCUT2D eigenvalue weighted by atomic mass is 9.89. The lowest BCUT2D eigenvalue weighted by Gasteiger charge is -2.34. The highest BCUT2D eigenvalue weighted by molar-refractivity contribution is 6.06. The van der Waals surface area contributed by atoms with Crippen LogP contribution in [0, 0.1) is 12.7 Å². The van der Waals surface area contributed by atoms with Crippen LogP contribution < -0.4 is 9.80 Å². The van der Waals surface area contributed by atoms with E-state index in [4.69, 9.17) is 0 Å². The summed E-state index contributed by atoms with van der Waals surface area (Å²) in [5, 5.41) is 0. The SMILES string of the molecule is Cc1ccc2c(c1)[C@@H]1C[NH+](C)CC[C@H]1N2C(=O)/C=C/c1ccc(F)cc1. The van der Waals surface area contributed by atoms with Gasteiger partial charge in [-0.15, -0.1) is 0 Å². The van der Waals surface area contributed by atoms with Gasteiger partial charge in [-0.3, -0.25) is 4.79 Å². The first-order chi connectivity index (χ1) is 12.5. The van der Waals surface area contributed by atoms with Crippen LogP contribution in [0.3, 0.4) is 0 Å². The van der Waals surface area contributed by atoms with Gasteiger partial charge in [0.15, 0.2) is 0 Å². The number of likely N-dealkylation sites (N-methyl/N-ethyl adjacent to an activating group) is 1. The molecule has 134 valence electrons. The zero-order valence-corrected chi connectivity index (χ0v) is 15.2. The molecule has 2 aromatic carbocycles. The van der Waals surface area contributed by atoms with Crippen LogP contribution in [0.25, 0.3) is 6.08 Å². The van der Waals surface area contributed by atoms with Crippen LogP contribution in [0.2, 0.25) is 0 Å². The first-order valence-corrected chi connectivity index (χ1v) is 9.21. The lowest BCUT2D eigenvalue weighted by molar-refractivity contribution is -0.886. The molecule has 1 fully saturated rings. The number of amides is 1. The molecule has 0 spiro atoms. The van der Waals surface area contributed by atoms with Gasteiger partial charge in [0.2, 0.25) is 0 Å². The van der Waals surface area contributed by atoms with Crippen LogP contribution in [0.15, 0.2) is 48.5 Å². The van der Waals surface area contributed by atoms with Crippen molar-refractivity contribution in [3.05, 3.63) is 71.0 Å². The van der Waals surface area contributed by atoms with E-state index in [0.29, 0.717) is 5.92 Å². The number of carbonyl (C=O) groups is 1. The number of likely N-dealkylation sites (tertiary alicyclic amines) is 1. The third-order valence-corrected chi connectivity index (χ3v) is 5.60. The Morgan fingerprint density at radius 2 is 2.00 bits per heavy atom. The van der Waals surface area contributed by atoms with Crippen molar-refractivity contribution in [1.82, 2.24) is 0 Å². The number of benzene rings is 2. The second-order valence-electron chi connectivity index (χ2n) is 7.53. The number of quaternary nitrogens is 1. The third kappa shape index (κ3) is 3.06. The molecule has 2 aliphatic heterocycles. The van der Waals surface area contributed by atoms with Gasteiger partial charge in [-0.1, -0.05) is 29.8 Å². The van der Waals surface area contributed by atoms with E-state index in [1.165, 1.54) is 28.2 Å². The predicted octanol–water partition coefficient (Wildman–Crippen LogP) is 2.56. The standard InChI is InChI=1S/C22H23FN2O/c1-15-3-9-20-18(13-15)19-14-24(2)12-11-21(19)25(20)22(26)10-6-16-4-7-17(23)8-5-16/h3-10,13,19,21H,11-12,14H2,1-2H3/p+1/b10-6+/t19-,21+/m0/s1. The van der Waals surface area contributed by atoms with Gasteiger partial charge in [-0.05, 0) is 42.3 Å². The highest BCUT2D eigenvalue weighted by Gasteiger charge is 2.45. The first-order valence-electron chi connectivity index (χ1n) is 9.21. The molecule has 0 aromatic heterocycles. The number of hydrogen-bond acceptors (Lipinski definition) is 1. The molecular formula is C22H24FN2O+. The molecule has 1 saturated heterocycles. The summed E-state index contributed by atoms with van der Waals surface area (Å²) in [5.41, 5.74) is 4.42. The molecule has 1 amide bonds. The lowest BCUT2D eigenvalue weighted by Crippen LogP contribution is -3.11. The van der Waals surface area contributed by atoms with Crippen molar-refractivity contribution < 1.29 is 14.1 Å². The fourth-order valence-electron chi connectivity index (χ4n) is 4.31. The van der Waals surface area contributed by atoms with Gasteiger partial charge >= 0.3 is 0 Å². The number of fused-ring (bicyclic) bond motifs is 3. The fourth-order valence-corrected chi connectivity index (χ4v) is 4.31. The molecule has 4 heteroatoms. The summed E-state index contributed by atoms with van der Waals surface area (Å²) >= 11 is 0. The van der Waals surface area contributed by atoms with E-state index >= 15 is 0 Å². The van der Waals surface area contributed by atoms with E-state index in [0.717, 1.165) is 30.8 Å². The summed E-state index contributed by atoms with van der Waals surface area (Å²) in [6.45, 7) is 4.25. The van der Waals surface area contributed by atoms with Crippen LogP contribution in [0.5, 0.6) is 0 Å². The first kappa shape index (κ1) is 17.0. The van der Waals surface area contributed by atoms with Crippen LogP contribution in [0.4, 0.5) is 10.1 Å². The van der Waals surface area contributed by atoms with Crippen molar-refractivity contribution in [3.63, 3.8) is 0 Å². The molecule has 1 unspecified atom stereocenters. The molecular weight excluding hydrogens is 327 g/mol. The van der Waals surface area contributed by atoms with Crippen LogP contribution in [-0.4, -0.2) is 32.1 Å². The minimum Gasteiger partial charge on any atom is -0.337 e. The topological polar surface area (TPSA) is 24.8 Å². The number of halogens is 1. The quantitative estimate of drug-likeness (QED) is 0.827. The van der Waals surface area contributed by atoms with E-state index in [2.05, 4.69) is 32.2 Å². The molecule has 2 aromatic rings. The summed E-state index contributed by atoms with van der Waals surface area (Å²) in [4.78, 5) is 16.5. The van der Waals surface area contributed by atoms with Crippen LogP contribution >= 0.6 is 0 Å². The molecule has 26 heavy (non-hydrogen) atoms. The van der Waals surface area contributed by atoms with Gasteiger partial charge in [0, 0.05) is 18.2 Å².